The second-order valence-corrected chi connectivity index (χ2v) is 4.29. The molecule has 0 saturated carbocycles. The van der Waals surface area contributed by atoms with E-state index in [9.17, 15) is 0 Å². The van der Waals surface area contributed by atoms with Gasteiger partial charge in [0.25, 0.3) is 0 Å². The van der Waals surface area contributed by atoms with Crippen molar-refractivity contribution in [3.05, 3.63) is 60.7 Å². The quantitative estimate of drug-likeness (QED) is 0.393. The van der Waals surface area contributed by atoms with Crippen molar-refractivity contribution in [3.8, 4) is 11.1 Å². The fraction of sp³-hybridized carbons (Fsp3) is 0. The average Bonchev–Trinajstić information content (AvgIpc) is 2.64. The van der Waals surface area contributed by atoms with Crippen LogP contribution in [0.1, 0.15) is 0 Å². The van der Waals surface area contributed by atoms with Crippen LogP contribution in [0, 0.1) is 0 Å². The molecule has 0 N–H and O–H groups in total. The molecule has 0 unspecified atom stereocenters. The highest BCUT2D eigenvalue weighted by molar-refractivity contribution is 6.14. The lowest BCUT2D eigenvalue weighted by atomic mass is 9.98. The monoisotopic (exact) mass is 202 g/mol. The van der Waals surface area contributed by atoms with Crippen LogP contribution >= 0.6 is 0 Å². The predicted molar refractivity (Wildman–Crippen MR) is 69.3 cm³/mol. The highest BCUT2D eigenvalue weighted by atomic mass is 14.1. The van der Waals surface area contributed by atoms with Crippen molar-refractivity contribution in [3.63, 3.8) is 0 Å². The van der Waals surface area contributed by atoms with E-state index < -0.39 is 0 Å². The summed E-state index contributed by atoms with van der Waals surface area (Å²) in [7, 11) is 0. The van der Waals surface area contributed by atoms with Crippen LogP contribution in [0.5, 0.6) is 0 Å². The molecule has 0 atom stereocenters. The van der Waals surface area contributed by atoms with Gasteiger partial charge in [-0.05, 0) is 32.7 Å². The Labute approximate surface area is 93.8 Å². The highest BCUT2D eigenvalue weighted by Crippen LogP contribution is 2.38. The first kappa shape index (κ1) is 8.12. The average molecular weight is 202 g/mol. The molecule has 0 aliphatic heterocycles. The molecule has 0 aromatic heterocycles. The molecular weight excluding hydrogens is 192 g/mol. The zero-order valence-electron chi connectivity index (χ0n) is 8.77. The molecule has 0 spiro atoms. The van der Waals surface area contributed by atoms with Gasteiger partial charge in [-0.25, -0.2) is 0 Å². The summed E-state index contributed by atoms with van der Waals surface area (Å²) in [6.07, 6.45) is 0. The minimum absolute atomic E-state index is 1.32. The molecule has 0 saturated heterocycles. The minimum atomic E-state index is 1.32. The van der Waals surface area contributed by atoms with Crippen molar-refractivity contribution in [2.24, 2.45) is 0 Å². The fourth-order valence-electron chi connectivity index (χ4n) is 2.67. The summed E-state index contributed by atoms with van der Waals surface area (Å²) in [5.41, 5.74) is 2.74. The van der Waals surface area contributed by atoms with Gasteiger partial charge in [-0.1, -0.05) is 60.7 Å². The zero-order chi connectivity index (χ0) is 10.5. The van der Waals surface area contributed by atoms with Crippen LogP contribution in [0.4, 0.5) is 0 Å². The van der Waals surface area contributed by atoms with E-state index >= 15 is 0 Å². The first-order valence-electron chi connectivity index (χ1n) is 5.56. The van der Waals surface area contributed by atoms with Gasteiger partial charge in [0.2, 0.25) is 0 Å². The summed E-state index contributed by atoms with van der Waals surface area (Å²) in [5, 5.41) is 5.39. The molecule has 0 bridgehead atoms. The normalized spacial score (nSPS) is 11.8. The maximum atomic E-state index is 2.21. The highest BCUT2D eigenvalue weighted by Gasteiger charge is 2.11. The molecule has 2 aromatic rings. The van der Waals surface area contributed by atoms with Gasteiger partial charge in [0.15, 0.2) is 0 Å². The Kier molecular flexibility index (Phi) is 1.39. The van der Waals surface area contributed by atoms with Crippen LogP contribution in [0.15, 0.2) is 60.7 Å². The molecule has 74 valence electrons. The molecule has 0 heteroatoms. The third-order valence-electron chi connectivity index (χ3n) is 3.39. The zero-order valence-corrected chi connectivity index (χ0v) is 8.77. The molecule has 0 amide bonds. The standard InChI is InChI=1S/C16H10/c1-3-11-4-2-6-13-8-10-14-9-7-12(5-1)15(11)16(13)14/h1-10H. The van der Waals surface area contributed by atoms with Crippen molar-refractivity contribution < 1.29 is 0 Å². The maximum absolute atomic E-state index is 2.21. The first-order valence-corrected chi connectivity index (χ1v) is 5.56. The van der Waals surface area contributed by atoms with Gasteiger partial charge in [0.1, 0.15) is 0 Å². The molecule has 0 fully saturated rings. The van der Waals surface area contributed by atoms with E-state index in [2.05, 4.69) is 60.7 Å². The van der Waals surface area contributed by atoms with Crippen LogP contribution in [-0.4, -0.2) is 0 Å². The van der Waals surface area contributed by atoms with Gasteiger partial charge in [-0.3, -0.25) is 0 Å². The van der Waals surface area contributed by atoms with E-state index in [0.29, 0.717) is 0 Å². The van der Waals surface area contributed by atoms with Gasteiger partial charge in [0, 0.05) is 0 Å². The SMILES string of the molecule is c1cc2ccc3ccc4cccc(c1)c4c3-2. The van der Waals surface area contributed by atoms with E-state index in [1.165, 1.54) is 32.7 Å². The Hall–Kier alpha value is -2.08. The van der Waals surface area contributed by atoms with Crippen molar-refractivity contribution in [2.45, 2.75) is 0 Å². The lowest BCUT2D eigenvalue weighted by molar-refractivity contribution is 1.83. The molecule has 4 rings (SSSR count). The molecular formula is C16H10. The summed E-state index contributed by atoms with van der Waals surface area (Å²) in [6, 6.07) is 21.9. The predicted octanol–water partition coefficient (Wildman–Crippen LogP) is 4.54. The Balaban J connectivity index is 2.44. The van der Waals surface area contributed by atoms with Crippen molar-refractivity contribution >= 4 is 21.5 Å². The third kappa shape index (κ3) is 0.892. The second kappa shape index (κ2) is 2.73. The summed E-state index contributed by atoms with van der Waals surface area (Å²) < 4.78 is 0. The van der Waals surface area contributed by atoms with Crippen LogP contribution in [0.2, 0.25) is 0 Å². The lowest BCUT2D eigenvalue weighted by Crippen LogP contribution is -1.77. The van der Waals surface area contributed by atoms with Crippen molar-refractivity contribution in [1.29, 1.82) is 0 Å². The fourth-order valence-corrected chi connectivity index (χ4v) is 2.67. The third-order valence-corrected chi connectivity index (χ3v) is 3.39. The number of hydrogen-bond acceptors (Lipinski definition) is 0. The second-order valence-electron chi connectivity index (χ2n) is 4.29. The molecule has 0 nitrogen and oxygen atoms in total. The van der Waals surface area contributed by atoms with Crippen molar-refractivity contribution in [2.75, 3.05) is 0 Å². The van der Waals surface area contributed by atoms with Gasteiger partial charge in [0.05, 0.1) is 0 Å². The van der Waals surface area contributed by atoms with Crippen LogP contribution in [-0.2, 0) is 0 Å². The van der Waals surface area contributed by atoms with E-state index in [4.69, 9.17) is 0 Å². The Morgan fingerprint density at radius 1 is 0.500 bits per heavy atom. The molecule has 2 aromatic carbocycles. The molecule has 0 heterocycles. The summed E-state index contributed by atoms with van der Waals surface area (Å²) in [6.45, 7) is 0. The first-order chi connectivity index (χ1) is 7.93. The van der Waals surface area contributed by atoms with Gasteiger partial charge < -0.3 is 0 Å². The lowest BCUT2D eigenvalue weighted by Gasteiger charge is -2.05. The number of benzene rings is 2. The maximum Gasteiger partial charge on any atom is -0.00268 e. The molecule has 16 heavy (non-hydrogen) atoms. The summed E-state index contributed by atoms with van der Waals surface area (Å²) in [4.78, 5) is 0. The van der Waals surface area contributed by atoms with Gasteiger partial charge in [-0.2, -0.15) is 0 Å². The van der Waals surface area contributed by atoms with Crippen LogP contribution in [0.3, 0.4) is 0 Å². The van der Waals surface area contributed by atoms with Crippen LogP contribution in [0.25, 0.3) is 32.7 Å². The molecule has 2 aliphatic carbocycles. The smallest absolute Gasteiger partial charge is 0.00268 e. The largest absolute Gasteiger partial charge is 0.0610 e. The summed E-state index contributed by atoms with van der Waals surface area (Å²) in [5.74, 6) is 0. The van der Waals surface area contributed by atoms with Crippen molar-refractivity contribution in [1.82, 2.24) is 0 Å². The van der Waals surface area contributed by atoms with Crippen LogP contribution < -0.4 is 0 Å². The molecule has 2 aliphatic rings. The Morgan fingerprint density at radius 2 is 1.12 bits per heavy atom. The van der Waals surface area contributed by atoms with Gasteiger partial charge in [-0.15, -0.1) is 0 Å². The summed E-state index contributed by atoms with van der Waals surface area (Å²) >= 11 is 0. The van der Waals surface area contributed by atoms with E-state index in [-0.39, 0.29) is 0 Å². The Morgan fingerprint density at radius 3 is 2.00 bits per heavy atom. The molecule has 0 radical (unpaired) electrons. The van der Waals surface area contributed by atoms with Gasteiger partial charge >= 0.3 is 0 Å². The van der Waals surface area contributed by atoms with E-state index in [1.807, 2.05) is 0 Å². The topological polar surface area (TPSA) is 0 Å². The van der Waals surface area contributed by atoms with E-state index in [0.717, 1.165) is 0 Å². The Bertz CT molecular complexity index is 752. The minimum Gasteiger partial charge on any atom is -0.0610 e. The van der Waals surface area contributed by atoms with E-state index in [1.54, 1.807) is 0 Å². The number of rotatable bonds is 0. The number of hydrogen-bond donors (Lipinski definition) is 0.